The zero-order valence-electron chi connectivity index (χ0n) is 14.0. The van der Waals surface area contributed by atoms with Crippen LogP contribution in [0.4, 0.5) is 5.95 Å². The molecule has 2 aromatic rings. The summed E-state index contributed by atoms with van der Waals surface area (Å²) in [6.07, 6.45) is -1.29. The minimum atomic E-state index is -1.06. The van der Waals surface area contributed by atoms with E-state index >= 15 is 0 Å². The molecule has 1 aliphatic rings. The van der Waals surface area contributed by atoms with E-state index in [1.54, 1.807) is 13.8 Å². The first-order valence-corrected chi connectivity index (χ1v) is 8.95. The molecular formula is C14H20N6O4S. The molecule has 11 heteroatoms. The third-order valence-corrected chi connectivity index (χ3v) is 5.80. The van der Waals surface area contributed by atoms with Gasteiger partial charge in [-0.1, -0.05) is 26.0 Å². The number of nitrogens with zero attached hydrogens (tertiary/aromatic N) is 4. The van der Waals surface area contributed by atoms with Crippen LogP contribution in [0.3, 0.4) is 0 Å². The van der Waals surface area contributed by atoms with Crippen LogP contribution < -0.4 is 10.9 Å². The molecule has 1 saturated heterocycles. The van der Waals surface area contributed by atoms with Crippen LogP contribution in [-0.4, -0.2) is 58.5 Å². The molecule has 1 amide bonds. The lowest BCUT2D eigenvalue weighted by Gasteiger charge is -2.15. The van der Waals surface area contributed by atoms with Gasteiger partial charge in [-0.3, -0.25) is 19.9 Å². The lowest BCUT2D eigenvalue weighted by atomic mass is 10.1. The van der Waals surface area contributed by atoms with Crippen LogP contribution in [0.15, 0.2) is 4.79 Å². The Bertz CT molecular complexity index is 849. The molecule has 2 aromatic heterocycles. The second-order valence-electron chi connectivity index (χ2n) is 6.22. The number of hydrogen-bond donors (Lipinski definition) is 4. The van der Waals surface area contributed by atoms with Gasteiger partial charge in [-0.05, 0) is 6.42 Å². The molecule has 3 rings (SSSR count). The molecule has 4 atom stereocenters. The van der Waals surface area contributed by atoms with Crippen molar-refractivity contribution in [1.82, 2.24) is 25.0 Å². The molecule has 1 aliphatic heterocycles. The van der Waals surface area contributed by atoms with Gasteiger partial charge in [-0.25, -0.2) is 4.68 Å². The normalized spacial score (nSPS) is 26.5. The van der Waals surface area contributed by atoms with E-state index in [0.29, 0.717) is 6.42 Å². The second-order valence-corrected chi connectivity index (χ2v) is 7.58. The van der Waals surface area contributed by atoms with Crippen molar-refractivity contribution in [3.8, 4) is 0 Å². The maximum absolute atomic E-state index is 12.2. The van der Waals surface area contributed by atoms with Crippen LogP contribution in [0, 0.1) is 5.92 Å². The topological polar surface area (TPSA) is 146 Å². The fraction of sp³-hybridized carbons (Fsp3) is 0.643. The third-order valence-electron chi connectivity index (χ3n) is 4.08. The van der Waals surface area contributed by atoms with Gasteiger partial charge in [0.15, 0.2) is 11.2 Å². The summed E-state index contributed by atoms with van der Waals surface area (Å²) in [5, 5.41) is 29.9. The summed E-state index contributed by atoms with van der Waals surface area (Å²) in [6.45, 7) is 5.35. The highest BCUT2D eigenvalue weighted by molar-refractivity contribution is 8.00. The number of rotatable bonds is 4. The Morgan fingerprint density at radius 1 is 1.40 bits per heavy atom. The number of hydrogen-bond acceptors (Lipinski definition) is 8. The number of thioether (sulfide) groups is 1. The van der Waals surface area contributed by atoms with E-state index in [1.165, 1.54) is 16.4 Å². The molecule has 0 aliphatic carbocycles. The first-order chi connectivity index (χ1) is 11.8. The van der Waals surface area contributed by atoms with E-state index < -0.39 is 23.1 Å². The van der Waals surface area contributed by atoms with E-state index in [2.05, 4.69) is 25.6 Å². The van der Waals surface area contributed by atoms with E-state index in [1.807, 2.05) is 6.92 Å². The number of aromatic amines is 1. The molecule has 136 valence electrons. The van der Waals surface area contributed by atoms with Crippen molar-refractivity contribution < 1.29 is 15.0 Å². The SMILES string of the molecule is CC[C@H]1S[C@@H](n2nnc3c(=O)[nH]c(NC(=O)C(C)C)nc32)[C@H](O)[C@@H]1O. The van der Waals surface area contributed by atoms with Crippen molar-refractivity contribution >= 4 is 34.8 Å². The number of carbonyl (C=O) groups is 1. The number of anilines is 1. The molecule has 0 unspecified atom stereocenters. The Morgan fingerprint density at radius 2 is 2.12 bits per heavy atom. The molecule has 0 spiro atoms. The molecule has 25 heavy (non-hydrogen) atoms. The van der Waals surface area contributed by atoms with Gasteiger partial charge in [-0.15, -0.1) is 16.9 Å². The van der Waals surface area contributed by atoms with Gasteiger partial charge in [-0.2, -0.15) is 4.98 Å². The van der Waals surface area contributed by atoms with Crippen molar-refractivity contribution in [3.63, 3.8) is 0 Å². The summed E-state index contributed by atoms with van der Waals surface area (Å²) in [5.41, 5.74) is -0.395. The number of aliphatic hydroxyl groups excluding tert-OH is 2. The predicted octanol–water partition coefficient (Wildman–Crippen LogP) is -0.145. The van der Waals surface area contributed by atoms with Gasteiger partial charge in [0.2, 0.25) is 11.9 Å². The Labute approximate surface area is 147 Å². The number of carbonyl (C=O) groups excluding carboxylic acids is 1. The molecule has 0 aromatic carbocycles. The van der Waals surface area contributed by atoms with E-state index in [4.69, 9.17) is 0 Å². The van der Waals surface area contributed by atoms with Gasteiger partial charge in [0, 0.05) is 11.2 Å². The minimum Gasteiger partial charge on any atom is -0.389 e. The molecule has 0 saturated carbocycles. The standard InChI is InChI=1S/C14H20N6O4S/c1-4-6-8(21)9(22)13(25-6)20-10-7(18-19-20)12(24)17-14(15-10)16-11(23)5(2)3/h5-6,8-9,13,21-22H,4H2,1-3H3,(H2,15,16,17,23,24)/t6-,8-,9-,13-/m1/s1. The van der Waals surface area contributed by atoms with Gasteiger partial charge >= 0.3 is 0 Å². The molecular weight excluding hydrogens is 348 g/mol. The first kappa shape index (κ1) is 17.8. The van der Waals surface area contributed by atoms with Crippen molar-refractivity contribution in [2.24, 2.45) is 5.92 Å². The van der Waals surface area contributed by atoms with Crippen LogP contribution in [0.1, 0.15) is 32.6 Å². The zero-order valence-corrected chi connectivity index (χ0v) is 14.8. The van der Waals surface area contributed by atoms with Crippen LogP contribution in [0.2, 0.25) is 0 Å². The highest BCUT2D eigenvalue weighted by Crippen LogP contribution is 2.43. The summed E-state index contributed by atoms with van der Waals surface area (Å²) in [4.78, 5) is 30.7. The number of aliphatic hydroxyl groups is 2. The Hall–Kier alpha value is -1.98. The van der Waals surface area contributed by atoms with Crippen LogP contribution in [0.5, 0.6) is 0 Å². The highest BCUT2D eigenvalue weighted by Gasteiger charge is 2.43. The first-order valence-electron chi connectivity index (χ1n) is 8.01. The lowest BCUT2D eigenvalue weighted by Crippen LogP contribution is -2.31. The Morgan fingerprint density at radius 3 is 2.72 bits per heavy atom. The Kier molecular flexibility index (Phi) is 4.80. The Balaban J connectivity index is 2.01. The molecule has 3 heterocycles. The molecule has 0 bridgehead atoms. The summed E-state index contributed by atoms with van der Waals surface area (Å²) in [5.74, 6) is -0.584. The average Bonchev–Trinajstić information content (AvgIpc) is 3.10. The number of aromatic nitrogens is 5. The van der Waals surface area contributed by atoms with Crippen molar-refractivity contribution in [3.05, 3.63) is 10.4 Å². The monoisotopic (exact) mass is 368 g/mol. The van der Waals surface area contributed by atoms with Crippen molar-refractivity contribution in [1.29, 1.82) is 0 Å². The van der Waals surface area contributed by atoms with E-state index in [0.717, 1.165) is 0 Å². The van der Waals surface area contributed by atoms with Gasteiger partial charge in [0.25, 0.3) is 5.56 Å². The van der Waals surface area contributed by atoms with Gasteiger partial charge in [0.1, 0.15) is 11.5 Å². The molecule has 4 N–H and O–H groups in total. The number of fused-ring (bicyclic) bond motifs is 1. The molecule has 0 radical (unpaired) electrons. The maximum atomic E-state index is 12.2. The summed E-state index contributed by atoms with van der Waals surface area (Å²) in [6, 6.07) is 0. The van der Waals surface area contributed by atoms with Crippen molar-refractivity contribution in [2.75, 3.05) is 5.32 Å². The third kappa shape index (κ3) is 3.14. The summed E-state index contributed by atoms with van der Waals surface area (Å²) >= 11 is 1.35. The average molecular weight is 368 g/mol. The molecule has 10 nitrogen and oxygen atoms in total. The fourth-order valence-electron chi connectivity index (χ4n) is 2.60. The highest BCUT2D eigenvalue weighted by atomic mass is 32.2. The number of amides is 1. The smallest absolute Gasteiger partial charge is 0.282 e. The fourth-order valence-corrected chi connectivity index (χ4v) is 4.05. The van der Waals surface area contributed by atoms with Gasteiger partial charge in [0.05, 0.1) is 6.10 Å². The number of H-pyrrole nitrogens is 1. The molecule has 1 fully saturated rings. The quantitative estimate of drug-likeness (QED) is 0.583. The van der Waals surface area contributed by atoms with E-state index in [-0.39, 0.29) is 34.2 Å². The van der Waals surface area contributed by atoms with Crippen LogP contribution in [0.25, 0.3) is 11.2 Å². The van der Waals surface area contributed by atoms with Gasteiger partial charge < -0.3 is 10.2 Å². The minimum absolute atomic E-state index is 0.00443. The second kappa shape index (κ2) is 6.73. The van der Waals surface area contributed by atoms with E-state index in [9.17, 15) is 19.8 Å². The largest absolute Gasteiger partial charge is 0.389 e. The van der Waals surface area contributed by atoms with Crippen LogP contribution in [-0.2, 0) is 4.79 Å². The zero-order chi connectivity index (χ0) is 18.3. The summed E-state index contributed by atoms with van der Waals surface area (Å²) in [7, 11) is 0. The van der Waals surface area contributed by atoms with Crippen LogP contribution >= 0.6 is 11.8 Å². The van der Waals surface area contributed by atoms with Crippen molar-refractivity contribution in [2.45, 2.75) is 50.0 Å². The number of nitrogens with one attached hydrogen (secondary N) is 2. The summed E-state index contributed by atoms with van der Waals surface area (Å²) < 4.78 is 1.32. The predicted molar refractivity (Wildman–Crippen MR) is 92.1 cm³/mol. The maximum Gasteiger partial charge on any atom is 0.282 e. The lowest BCUT2D eigenvalue weighted by molar-refractivity contribution is -0.118.